The Morgan fingerprint density at radius 3 is 1.53 bits per heavy atom. The first kappa shape index (κ1) is 48.6. The van der Waals surface area contributed by atoms with Crippen LogP contribution in [0.1, 0.15) is 188 Å². The van der Waals surface area contributed by atoms with E-state index in [2.05, 4.69) is 32.2 Å². The SMILES string of the molecule is CC/C=C/C=C/C=C\C=C/C=C/CCCC(=O)OC(CCCCCCCCCCC)CC(=O)NC(CO)C(O)CCCCCCCCCCCC. The second-order valence-corrected chi connectivity index (χ2v) is 14.1. The Morgan fingerprint density at radius 2 is 1.04 bits per heavy atom. The first-order valence-electron chi connectivity index (χ1n) is 21.1. The predicted octanol–water partition coefficient (Wildman–Crippen LogP) is 11.7. The van der Waals surface area contributed by atoms with Crippen molar-refractivity contribution >= 4 is 11.9 Å². The van der Waals surface area contributed by atoms with E-state index in [1.165, 1.54) is 83.5 Å². The number of esters is 1. The van der Waals surface area contributed by atoms with E-state index in [0.29, 0.717) is 25.7 Å². The minimum absolute atomic E-state index is 0.0481. The molecule has 294 valence electrons. The Bertz CT molecular complexity index is 937. The number of rotatable bonds is 36. The highest BCUT2D eigenvalue weighted by Crippen LogP contribution is 2.17. The van der Waals surface area contributed by atoms with Crippen LogP contribution >= 0.6 is 0 Å². The Kier molecular flexibility index (Phi) is 36.9. The number of ether oxygens (including phenoxy) is 1. The summed E-state index contributed by atoms with van der Waals surface area (Å²) in [6, 6.07) is -0.712. The van der Waals surface area contributed by atoms with Crippen LogP contribution in [-0.4, -0.2) is 46.9 Å². The lowest BCUT2D eigenvalue weighted by Gasteiger charge is -2.24. The molecule has 0 fully saturated rings. The zero-order valence-corrected chi connectivity index (χ0v) is 33.2. The second kappa shape index (κ2) is 38.8. The molecule has 6 nitrogen and oxygen atoms in total. The van der Waals surface area contributed by atoms with Gasteiger partial charge in [0.1, 0.15) is 6.10 Å². The van der Waals surface area contributed by atoms with Crippen LogP contribution in [0, 0.1) is 0 Å². The van der Waals surface area contributed by atoms with E-state index in [1.807, 2.05) is 54.7 Å². The van der Waals surface area contributed by atoms with Crippen molar-refractivity contribution in [2.45, 2.75) is 206 Å². The Morgan fingerprint density at radius 1 is 0.588 bits per heavy atom. The van der Waals surface area contributed by atoms with Crippen LogP contribution in [0.4, 0.5) is 0 Å². The van der Waals surface area contributed by atoms with Crippen LogP contribution in [0.25, 0.3) is 0 Å². The number of aliphatic hydroxyl groups is 2. The average molecular weight is 714 g/mol. The fourth-order valence-electron chi connectivity index (χ4n) is 6.05. The molecule has 0 radical (unpaired) electrons. The molecule has 3 atom stereocenters. The van der Waals surface area contributed by atoms with Gasteiger partial charge in [0.15, 0.2) is 0 Å². The van der Waals surface area contributed by atoms with Gasteiger partial charge in [-0.05, 0) is 38.5 Å². The van der Waals surface area contributed by atoms with Gasteiger partial charge < -0.3 is 20.3 Å². The third-order valence-electron chi connectivity index (χ3n) is 9.24. The van der Waals surface area contributed by atoms with Crippen LogP contribution in [0.3, 0.4) is 0 Å². The molecule has 0 saturated heterocycles. The van der Waals surface area contributed by atoms with Gasteiger partial charge >= 0.3 is 5.97 Å². The van der Waals surface area contributed by atoms with Crippen molar-refractivity contribution in [2.24, 2.45) is 0 Å². The fraction of sp³-hybridized carbons (Fsp3) is 0.733. The molecule has 0 heterocycles. The summed E-state index contributed by atoms with van der Waals surface area (Å²) in [5, 5.41) is 23.5. The molecule has 0 aliphatic heterocycles. The topological polar surface area (TPSA) is 95.9 Å². The molecule has 0 saturated carbocycles. The summed E-state index contributed by atoms with van der Waals surface area (Å²) in [4.78, 5) is 25.8. The molecule has 3 N–H and O–H groups in total. The molecule has 0 aromatic carbocycles. The van der Waals surface area contributed by atoms with Gasteiger partial charge in [0.2, 0.25) is 5.91 Å². The largest absolute Gasteiger partial charge is 0.462 e. The van der Waals surface area contributed by atoms with Crippen LogP contribution in [0.2, 0.25) is 0 Å². The van der Waals surface area contributed by atoms with E-state index < -0.39 is 18.2 Å². The van der Waals surface area contributed by atoms with E-state index >= 15 is 0 Å². The van der Waals surface area contributed by atoms with Crippen molar-refractivity contribution in [3.05, 3.63) is 60.8 Å². The molecule has 0 aliphatic carbocycles. The van der Waals surface area contributed by atoms with E-state index in [4.69, 9.17) is 4.74 Å². The minimum atomic E-state index is -0.796. The van der Waals surface area contributed by atoms with Gasteiger partial charge in [-0.2, -0.15) is 0 Å². The highest BCUT2D eigenvalue weighted by molar-refractivity contribution is 5.77. The van der Waals surface area contributed by atoms with Crippen molar-refractivity contribution in [3.8, 4) is 0 Å². The lowest BCUT2D eigenvalue weighted by atomic mass is 10.0. The lowest BCUT2D eigenvalue weighted by Crippen LogP contribution is -2.46. The zero-order chi connectivity index (χ0) is 37.5. The summed E-state index contributed by atoms with van der Waals surface area (Å²) in [5.74, 6) is -0.569. The Hall–Kier alpha value is -2.44. The van der Waals surface area contributed by atoms with Crippen LogP contribution in [-0.2, 0) is 14.3 Å². The second-order valence-electron chi connectivity index (χ2n) is 14.1. The first-order chi connectivity index (χ1) is 25.0. The van der Waals surface area contributed by atoms with Gasteiger partial charge in [-0.1, -0.05) is 197 Å². The first-order valence-corrected chi connectivity index (χ1v) is 21.1. The van der Waals surface area contributed by atoms with E-state index in [0.717, 1.165) is 51.4 Å². The van der Waals surface area contributed by atoms with E-state index in [9.17, 15) is 19.8 Å². The highest BCUT2D eigenvalue weighted by Gasteiger charge is 2.24. The normalized spacial score (nSPS) is 14.1. The van der Waals surface area contributed by atoms with Crippen molar-refractivity contribution in [1.29, 1.82) is 0 Å². The van der Waals surface area contributed by atoms with Gasteiger partial charge in [0.05, 0.1) is 25.2 Å². The summed E-state index contributed by atoms with van der Waals surface area (Å²) in [7, 11) is 0. The van der Waals surface area contributed by atoms with Gasteiger partial charge in [0.25, 0.3) is 0 Å². The Balaban J connectivity index is 4.70. The molecule has 0 aliphatic rings. The van der Waals surface area contributed by atoms with Crippen molar-refractivity contribution < 1.29 is 24.5 Å². The number of hydrogen-bond acceptors (Lipinski definition) is 5. The van der Waals surface area contributed by atoms with Crippen molar-refractivity contribution in [1.82, 2.24) is 5.32 Å². The molecule has 6 heteroatoms. The number of amides is 1. The van der Waals surface area contributed by atoms with Gasteiger partial charge in [0, 0.05) is 6.42 Å². The number of carbonyl (C=O) groups excluding carboxylic acids is 2. The molecule has 3 unspecified atom stereocenters. The fourth-order valence-corrected chi connectivity index (χ4v) is 6.05. The molecule has 0 bridgehead atoms. The molecule has 0 aromatic heterocycles. The summed E-state index contributed by atoms with van der Waals surface area (Å²) in [6.07, 6.45) is 45.7. The third kappa shape index (κ3) is 34.4. The minimum Gasteiger partial charge on any atom is -0.462 e. The maximum Gasteiger partial charge on any atom is 0.306 e. The van der Waals surface area contributed by atoms with E-state index in [1.54, 1.807) is 0 Å². The summed E-state index contributed by atoms with van der Waals surface area (Å²) >= 11 is 0. The number of unbranched alkanes of at least 4 members (excludes halogenated alkanes) is 18. The average Bonchev–Trinajstić information content (AvgIpc) is 3.12. The van der Waals surface area contributed by atoms with Crippen LogP contribution in [0.5, 0.6) is 0 Å². The van der Waals surface area contributed by atoms with Gasteiger partial charge in [-0.25, -0.2) is 0 Å². The summed E-state index contributed by atoms with van der Waals surface area (Å²) < 4.78 is 5.83. The molecule has 0 spiro atoms. The van der Waals surface area contributed by atoms with Crippen molar-refractivity contribution in [2.75, 3.05) is 6.61 Å². The molecule has 51 heavy (non-hydrogen) atoms. The lowest BCUT2D eigenvalue weighted by molar-refractivity contribution is -0.151. The number of hydrogen-bond donors (Lipinski definition) is 3. The van der Waals surface area contributed by atoms with Gasteiger partial charge in [-0.15, -0.1) is 0 Å². The zero-order valence-electron chi connectivity index (χ0n) is 33.2. The summed E-state index contributed by atoms with van der Waals surface area (Å²) in [6.45, 7) is 6.26. The maximum absolute atomic E-state index is 13.0. The monoisotopic (exact) mass is 714 g/mol. The number of carbonyl (C=O) groups is 2. The predicted molar refractivity (Wildman–Crippen MR) is 218 cm³/mol. The van der Waals surface area contributed by atoms with E-state index in [-0.39, 0.29) is 24.9 Å². The molecular formula is C45H79NO5. The third-order valence-corrected chi connectivity index (χ3v) is 9.24. The highest BCUT2D eigenvalue weighted by atomic mass is 16.5. The van der Waals surface area contributed by atoms with Crippen molar-refractivity contribution in [3.63, 3.8) is 0 Å². The molecule has 1 amide bonds. The van der Waals surface area contributed by atoms with Crippen LogP contribution in [0.15, 0.2) is 60.8 Å². The summed E-state index contributed by atoms with van der Waals surface area (Å²) in [5.41, 5.74) is 0. The number of nitrogens with one attached hydrogen (secondary N) is 1. The molecule has 0 rings (SSSR count). The Labute approximate surface area is 314 Å². The van der Waals surface area contributed by atoms with Gasteiger partial charge in [-0.3, -0.25) is 9.59 Å². The molecular weight excluding hydrogens is 634 g/mol. The number of aliphatic hydroxyl groups excluding tert-OH is 2. The van der Waals surface area contributed by atoms with Crippen LogP contribution < -0.4 is 5.32 Å². The standard InChI is InChI=1S/C45H79NO5/c1-4-7-10-13-16-19-21-22-23-26-29-32-35-38-45(50)51-41(36-33-30-27-24-18-15-12-9-6-3)39-44(49)46-42(40-47)43(48)37-34-31-28-25-20-17-14-11-8-5-2/h7,10,13,16,19,21-23,26,29,41-43,47-48H,4-6,8-9,11-12,14-15,17-18,20,24-25,27-28,30-40H2,1-3H3,(H,46,49)/b10-7+,16-13+,21-19-,23-22-,29-26+. The quantitative estimate of drug-likeness (QED) is 0.0341. The smallest absolute Gasteiger partial charge is 0.306 e. The molecule has 0 aromatic rings. The maximum atomic E-state index is 13.0. The number of allylic oxidation sites excluding steroid dienone is 10.